The summed E-state index contributed by atoms with van der Waals surface area (Å²) < 4.78 is 5.42. The molecule has 2 aromatic heterocycles. The first-order valence-corrected chi connectivity index (χ1v) is 4.98. The van der Waals surface area contributed by atoms with Crippen LogP contribution in [0.25, 0.3) is 11.1 Å². The smallest absolute Gasteiger partial charge is 0.226 e. The van der Waals surface area contributed by atoms with Gasteiger partial charge in [-0.2, -0.15) is 0 Å². The van der Waals surface area contributed by atoms with Gasteiger partial charge in [0, 0.05) is 29.6 Å². The van der Waals surface area contributed by atoms with E-state index < -0.39 is 0 Å². The molecule has 14 heavy (non-hydrogen) atoms. The zero-order valence-electron chi connectivity index (χ0n) is 7.86. The molecule has 3 heterocycles. The lowest BCUT2D eigenvalue weighted by molar-refractivity contribution is 0.592. The summed E-state index contributed by atoms with van der Waals surface area (Å²) in [6, 6.07) is 4.04. The molecule has 1 atom stereocenters. The van der Waals surface area contributed by atoms with Crippen molar-refractivity contribution in [2.45, 2.75) is 12.3 Å². The Balaban J connectivity index is 2.11. The zero-order valence-corrected chi connectivity index (χ0v) is 7.86. The molecule has 0 aromatic carbocycles. The van der Waals surface area contributed by atoms with Crippen molar-refractivity contribution in [1.82, 2.24) is 10.3 Å². The third-order valence-electron chi connectivity index (χ3n) is 2.88. The molecule has 0 amide bonds. The third kappa shape index (κ3) is 1.13. The van der Waals surface area contributed by atoms with Gasteiger partial charge in [0.15, 0.2) is 0 Å². The SMILES string of the molecule is c1cnc2occ(C3CCNC3)c2c1. The highest BCUT2D eigenvalue weighted by molar-refractivity contribution is 5.78. The maximum atomic E-state index is 5.42. The van der Waals surface area contributed by atoms with Gasteiger partial charge in [0.25, 0.3) is 0 Å². The largest absolute Gasteiger partial charge is 0.446 e. The molecule has 1 fully saturated rings. The van der Waals surface area contributed by atoms with Gasteiger partial charge in [0.2, 0.25) is 5.71 Å². The Bertz CT molecular complexity index is 443. The van der Waals surface area contributed by atoms with Crippen LogP contribution in [0.2, 0.25) is 0 Å². The first-order valence-electron chi connectivity index (χ1n) is 4.98. The second kappa shape index (κ2) is 3.10. The van der Waals surface area contributed by atoms with Gasteiger partial charge in [-0.05, 0) is 25.1 Å². The number of nitrogens with zero attached hydrogens (tertiary/aromatic N) is 1. The molecule has 1 N–H and O–H groups in total. The molecule has 0 aliphatic carbocycles. The van der Waals surface area contributed by atoms with E-state index in [1.54, 1.807) is 6.20 Å². The van der Waals surface area contributed by atoms with Gasteiger partial charge in [-0.25, -0.2) is 4.98 Å². The molecule has 2 aromatic rings. The van der Waals surface area contributed by atoms with E-state index >= 15 is 0 Å². The van der Waals surface area contributed by atoms with E-state index in [2.05, 4.69) is 16.4 Å². The predicted octanol–water partition coefficient (Wildman–Crippen LogP) is 1.90. The number of aromatic nitrogens is 1. The van der Waals surface area contributed by atoms with Gasteiger partial charge in [-0.1, -0.05) is 0 Å². The summed E-state index contributed by atoms with van der Waals surface area (Å²) in [7, 11) is 0. The summed E-state index contributed by atoms with van der Waals surface area (Å²) in [6.07, 6.45) is 4.82. The summed E-state index contributed by atoms with van der Waals surface area (Å²) in [6.45, 7) is 2.17. The van der Waals surface area contributed by atoms with E-state index in [0.717, 1.165) is 18.8 Å². The van der Waals surface area contributed by atoms with E-state index in [9.17, 15) is 0 Å². The standard InChI is InChI=1S/C11H12N2O/c1-2-9-10(8-3-5-12-6-8)7-14-11(9)13-4-1/h1-2,4,7-8,12H,3,5-6H2. The fourth-order valence-corrected chi connectivity index (χ4v) is 2.12. The van der Waals surface area contributed by atoms with E-state index in [4.69, 9.17) is 4.42 Å². The molecule has 3 nitrogen and oxygen atoms in total. The van der Waals surface area contributed by atoms with Crippen LogP contribution in [0.15, 0.2) is 29.0 Å². The molecular weight excluding hydrogens is 176 g/mol. The Labute approximate surface area is 82.1 Å². The summed E-state index contributed by atoms with van der Waals surface area (Å²) in [5.74, 6) is 0.598. The van der Waals surface area contributed by atoms with Crippen LogP contribution in [-0.4, -0.2) is 18.1 Å². The van der Waals surface area contributed by atoms with Crippen molar-refractivity contribution in [2.75, 3.05) is 13.1 Å². The molecule has 3 rings (SSSR count). The molecule has 1 unspecified atom stereocenters. The van der Waals surface area contributed by atoms with Gasteiger partial charge in [0.05, 0.1) is 6.26 Å². The number of rotatable bonds is 1. The van der Waals surface area contributed by atoms with Crippen molar-refractivity contribution in [1.29, 1.82) is 0 Å². The van der Waals surface area contributed by atoms with Gasteiger partial charge < -0.3 is 9.73 Å². The predicted molar refractivity (Wildman–Crippen MR) is 54.2 cm³/mol. The van der Waals surface area contributed by atoms with Crippen LogP contribution in [0.1, 0.15) is 17.9 Å². The third-order valence-corrected chi connectivity index (χ3v) is 2.88. The highest BCUT2D eigenvalue weighted by Gasteiger charge is 2.20. The Kier molecular flexibility index (Phi) is 1.77. The molecule has 72 valence electrons. The average molecular weight is 188 g/mol. The van der Waals surface area contributed by atoms with Crippen molar-refractivity contribution in [3.8, 4) is 0 Å². The topological polar surface area (TPSA) is 38.1 Å². The maximum absolute atomic E-state index is 5.42. The monoisotopic (exact) mass is 188 g/mol. The second-order valence-corrected chi connectivity index (χ2v) is 3.74. The minimum absolute atomic E-state index is 0.598. The van der Waals surface area contributed by atoms with Crippen molar-refractivity contribution < 1.29 is 4.42 Å². The number of hydrogen-bond acceptors (Lipinski definition) is 3. The van der Waals surface area contributed by atoms with Crippen molar-refractivity contribution in [3.63, 3.8) is 0 Å². The van der Waals surface area contributed by atoms with E-state index in [1.807, 2.05) is 12.3 Å². The summed E-state index contributed by atoms with van der Waals surface area (Å²) in [4.78, 5) is 4.19. The first-order chi connectivity index (χ1) is 6.95. The lowest BCUT2D eigenvalue weighted by atomic mass is 9.99. The van der Waals surface area contributed by atoms with Gasteiger partial charge >= 0.3 is 0 Å². The van der Waals surface area contributed by atoms with Gasteiger partial charge in [0.1, 0.15) is 0 Å². The molecule has 0 spiro atoms. The van der Waals surface area contributed by atoms with Gasteiger partial charge in [-0.15, -0.1) is 0 Å². The molecule has 1 aliphatic heterocycles. The van der Waals surface area contributed by atoms with Crippen LogP contribution in [0.4, 0.5) is 0 Å². The van der Waals surface area contributed by atoms with Crippen molar-refractivity contribution in [2.24, 2.45) is 0 Å². The number of nitrogens with one attached hydrogen (secondary N) is 1. The van der Waals surface area contributed by atoms with Gasteiger partial charge in [-0.3, -0.25) is 0 Å². The first kappa shape index (κ1) is 8.00. The Morgan fingerprint density at radius 2 is 2.50 bits per heavy atom. The van der Waals surface area contributed by atoms with Crippen LogP contribution in [0.3, 0.4) is 0 Å². The number of furan rings is 1. The quantitative estimate of drug-likeness (QED) is 0.742. The zero-order chi connectivity index (χ0) is 9.38. The van der Waals surface area contributed by atoms with Crippen LogP contribution >= 0.6 is 0 Å². The normalized spacial score (nSPS) is 21.9. The Hall–Kier alpha value is -1.35. The highest BCUT2D eigenvalue weighted by atomic mass is 16.3. The number of fused-ring (bicyclic) bond motifs is 1. The molecule has 3 heteroatoms. The molecular formula is C11H12N2O. The molecule has 0 radical (unpaired) electrons. The molecule has 1 aliphatic rings. The van der Waals surface area contributed by atoms with Crippen molar-refractivity contribution in [3.05, 3.63) is 30.2 Å². The van der Waals surface area contributed by atoms with Crippen LogP contribution in [-0.2, 0) is 0 Å². The Morgan fingerprint density at radius 1 is 1.50 bits per heavy atom. The van der Waals surface area contributed by atoms with E-state index in [1.165, 1.54) is 17.4 Å². The average Bonchev–Trinajstić information content (AvgIpc) is 2.85. The number of pyridine rings is 1. The fraction of sp³-hybridized carbons (Fsp3) is 0.364. The second-order valence-electron chi connectivity index (χ2n) is 3.74. The summed E-state index contributed by atoms with van der Waals surface area (Å²) in [5.41, 5.74) is 2.06. The van der Waals surface area contributed by atoms with E-state index in [-0.39, 0.29) is 0 Å². The lowest BCUT2D eigenvalue weighted by Gasteiger charge is -2.04. The minimum Gasteiger partial charge on any atom is -0.446 e. The maximum Gasteiger partial charge on any atom is 0.226 e. The fourth-order valence-electron chi connectivity index (χ4n) is 2.12. The lowest BCUT2D eigenvalue weighted by Crippen LogP contribution is -2.07. The van der Waals surface area contributed by atoms with Crippen LogP contribution in [0.5, 0.6) is 0 Å². The number of hydrogen-bond donors (Lipinski definition) is 1. The summed E-state index contributed by atoms with van der Waals surface area (Å²) in [5, 5.41) is 4.53. The molecule has 1 saturated heterocycles. The minimum atomic E-state index is 0.598. The molecule has 0 bridgehead atoms. The summed E-state index contributed by atoms with van der Waals surface area (Å²) >= 11 is 0. The van der Waals surface area contributed by atoms with Crippen LogP contribution < -0.4 is 5.32 Å². The van der Waals surface area contributed by atoms with Crippen molar-refractivity contribution >= 4 is 11.1 Å². The highest BCUT2D eigenvalue weighted by Crippen LogP contribution is 2.29. The Morgan fingerprint density at radius 3 is 3.36 bits per heavy atom. The molecule has 0 saturated carbocycles. The van der Waals surface area contributed by atoms with E-state index in [0.29, 0.717) is 5.92 Å². The van der Waals surface area contributed by atoms with Crippen LogP contribution in [0, 0.1) is 0 Å².